The summed E-state index contributed by atoms with van der Waals surface area (Å²) in [6, 6.07) is 0.589. The van der Waals surface area contributed by atoms with Crippen LogP contribution in [0.15, 0.2) is 0 Å². The predicted molar refractivity (Wildman–Crippen MR) is 34.6 cm³/mol. The Morgan fingerprint density at radius 2 is 1.56 bits per heavy atom. The molecule has 0 aromatic heterocycles. The van der Waals surface area contributed by atoms with Gasteiger partial charge in [0.2, 0.25) is 0 Å². The van der Waals surface area contributed by atoms with E-state index in [1.54, 1.807) is 0 Å². The topological polar surface area (TPSA) is 49.8 Å². The molecule has 1 fully saturated rings. The molecule has 0 aromatic rings. The zero-order valence-electron chi connectivity index (χ0n) is 6.06. The Hall–Kier alpha value is 1.56. The van der Waals surface area contributed by atoms with Gasteiger partial charge in [-0.1, -0.05) is 12.8 Å². The average Bonchev–Trinajstić information content (AvgIpc) is 1.77. The predicted octanol–water partition coefficient (Wildman–Crippen LogP) is -1.69. The maximum atomic E-state index is 7.31. The van der Waals surface area contributed by atoms with E-state index in [9.17, 15) is 0 Å². The van der Waals surface area contributed by atoms with E-state index >= 15 is 0 Å². The first-order valence-electron chi connectivity index (χ1n) is 3.26. The van der Waals surface area contributed by atoms with Crippen LogP contribution in [0.25, 0.3) is 5.73 Å². The van der Waals surface area contributed by atoms with Crippen LogP contribution in [0, 0.1) is 0 Å². The van der Waals surface area contributed by atoms with Crippen LogP contribution in [0.3, 0.4) is 0 Å². The molecule has 0 amide bonds. The molecule has 0 atom stereocenters. The number of rotatable bonds is 0. The number of nitrogens with two attached hydrogens (primary N) is 1. The molecular weight excluding hydrogens is 139 g/mol. The summed E-state index contributed by atoms with van der Waals surface area (Å²) in [7, 11) is 0. The van der Waals surface area contributed by atoms with Crippen molar-refractivity contribution < 1.29 is 51.4 Å². The van der Waals surface area contributed by atoms with Gasteiger partial charge in [-0.15, -0.1) is 6.04 Å². The van der Waals surface area contributed by atoms with Crippen LogP contribution in [0.2, 0.25) is 0 Å². The van der Waals surface area contributed by atoms with Gasteiger partial charge >= 0.3 is 51.4 Å². The Morgan fingerprint density at radius 3 is 1.89 bits per heavy atom. The molecule has 0 aromatic carbocycles. The molecular formula is C6H13KN2. The Balaban J connectivity index is 0.000000640. The SMILES string of the molecule is [K+].[NH-]C1CCC(N)CC1. The van der Waals surface area contributed by atoms with Crippen molar-refractivity contribution >= 4 is 0 Å². The van der Waals surface area contributed by atoms with Gasteiger partial charge in [0, 0.05) is 6.04 Å². The van der Waals surface area contributed by atoms with Gasteiger partial charge in [0.15, 0.2) is 0 Å². The third-order valence-corrected chi connectivity index (χ3v) is 1.77. The van der Waals surface area contributed by atoms with Crippen molar-refractivity contribution in [3.05, 3.63) is 5.73 Å². The van der Waals surface area contributed by atoms with Crippen LogP contribution < -0.4 is 57.1 Å². The second kappa shape index (κ2) is 5.24. The molecule has 1 saturated carbocycles. The van der Waals surface area contributed by atoms with Gasteiger partial charge in [-0.2, -0.15) is 0 Å². The summed E-state index contributed by atoms with van der Waals surface area (Å²) in [6.45, 7) is 0. The van der Waals surface area contributed by atoms with Gasteiger partial charge in [-0.05, 0) is 12.8 Å². The van der Waals surface area contributed by atoms with Gasteiger partial charge in [-0.3, -0.25) is 0 Å². The standard InChI is InChI=1S/C6H13N2.K/c7-5-1-2-6(8)4-3-5;/h5-7H,1-4,8H2;/q-1;+1. The van der Waals surface area contributed by atoms with Gasteiger partial charge in [0.1, 0.15) is 0 Å². The van der Waals surface area contributed by atoms with Crippen molar-refractivity contribution in [2.24, 2.45) is 5.73 Å². The van der Waals surface area contributed by atoms with E-state index in [0.717, 1.165) is 25.7 Å². The Morgan fingerprint density at radius 1 is 1.11 bits per heavy atom. The van der Waals surface area contributed by atoms with Crippen LogP contribution >= 0.6 is 0 Å². The van der Waals surface area contributed by atoms with E-state index in [2.05, 4.69) is 0 Å². The number of hydrogen-bond donors (Lipinski definition) is 1. The molecule has 0 aliphatic heterocycles. The molecule has 48 valence electrons. The Kier molecular flexibility index (Phi) is 6.14. The first-order chi connectivity index (χ1) is 3.79. The zero-order chi connectivity index (χ0) is 5.98. The summed E-state index contributed by atoms with van der Waals surface area (Å²) < 4.78 is 0. The zero-order valence-corrected chi connectivity index (χ0v) is 9.18. The fourth-order valence-electron chi connectivity index (χ4n) is 1.12. The molecule has 0 unspecified atom stereocenters. The molecule has 0 spiro atoms. The van der Waals surface area contributed by atoms with E-state index in [4.69, 9.17) is 11.5 Å². The third kappa shape index (κ3) is 4.09. The fraction of sp³-hybridized carbons (Fsp3) is 1.00. The molecule has 1 rings (SSSR count). The van der Waals surface area contributed by atoms with Crippen LogP contribution in [0.4, 0.5) is 0 Å². The molecule has 3 heteroatoms. The quantitative estimate of drug-likeness (QED) is 0.414. The maximum Gasteiger partial charge on any atom is 1.00 e. The molecule has 1 aliphatic rings. The largest absolute Gasteiger partial charge is 1.00 e. The van der Waals surface area contributed by atoms with Gasteiger partial charge < -0.3 is 11.5 Å². The minimum atomic E-state index is 0. The average molecular weight is 152 g/mol. The normalized spacial score (nSPS) is 35.3. The number of hydrogen-bond acceptors (Lipinski definition) is 1. The van der Waals surface area contributed by atoms with E-state index in [0.29, 0.717) is 6.04 Å². The molecule has 2 nitrogen and oxygen atoms in total. The smallest absolute Gasteiger partial charge is 0.675 e. The second-order valence-corrected chi connectivity index (χ2v) is 2.61. The van der Waals surface area contributed by atoms with Gasteiger partial charge in [0.25, 0.3) is 0 Å². The van der Waals surface area contributed by atoms with E-state index in [1.165, 1.54) is 0 Å². The summed E-state index contributed by atoms with van der Waals surface area (Å²) in [5, 5.41) is 0. The second-order valence-electron chi connectivity index (χ2n) is 2.61. The Labute approximate surface area is 99.2 Å². The number of nitrogens with one attached hydrogen (secondary N) is 1. The van der Waals surface area contributed by atoms with Crippen molar-refractivity contribution in [3.63, 3.8) is 0 Å². The van der Waals surface area contributed by atoms with Crippen molar-refractivity contribution in [2.75, 3.05) is 0 Å². The van der Waals surface area contributed by atoms with Crippen molar-refractivity contribution in [3.8, 4) is 0 Å². The molecule has 0 radical (unpaired) electrons. The molecule has 1 aliphatic carbocycles. The molecule has 0 heterocycles. The van der Waals surface area contributed by atoms with E-state index < -0.39 is 0 Å². The van der Waals surface area contributed by atoms with E-state index in [-0.39, 0.29) is 57.4 Å². The summed E-state index contributed by atoms with van der Waals surface area (Å²) >= 11 is 0. The summed E-state index contributed by atoms with van der Waals surface area (Å²) in [5.74, 6) is 0. The minimum absolute atomic E-state index is 0. The molecule has 3 N–H and O–H groups in total. The third-order valence-electron chi connectivity index (χ3n) is 1.77. The summed E-state index contributed by atoms with van der Waals surface area (Å²) in [6.07, 6.45) is 4.16. The molecule has 0 saturated heterocycles. The molecule has 0 bridgehead atoms. The van der Waals surface area contributed by atoms with Crippen LogP contribution in [-0.4, -0.2) is 12.1 Å². The van der Waals surface area contributed by atoms with Gasteiger partial charge in [-0.25, -0.2) is 0 Å². The van der Waals surface area contributed by atoms with Gasteiger partial charge in [0.05, 0.1) is 0 Å². The monoisotopic (exact) mass is 152 g/mol. The Bertz CT molecular complexity index is 59.5. The van der Waals surface area contributed by atoms with Crippen molar-refractivity contribution in [2.45, 2.75) is 37.8 Å². The van der Waals surface area contributed by atoms with E-state index in [1.807, 2.05) is 0 Å². The van der Waals surface area contributed by atoms with Crippen LogP contribution in [0.1, 0.15) is 25.7 Å². The first kappa shape index (κ1) is 10.6. The maximum absolute atomic E-state index is 7.31. The summed E-state index contributed by atoms with van der Waals surface area (Å²) in [5.41, 5.74) is 12.9. The summed E-state index contributed by atoms with van der Waals surface area (Å²) in [4.78, 5) is 0. The minimum Gasteiger partial charge on any atom is -0.675 e. The van der Waals surface area contributed by atoms with Crippen molar-refractivity contribution in [1.29, 1.82) is 0 Å². The van der Waals surface area contributed by atoms with Crippen molar-refractivity contribution in [1.82, 2.24) is 0 Å². The first-order valence-corrected chi connectivity index (χ1v) is 3.26. The van der Waals surface area contributed by atoms with Crippen LogP contribution in [0.5, 0.6) is 0 Å². The fourth-order valence-corrected chi connectivity index (χ4v) is 1.12. The van der Waals surface area contributed by atoms with Crippen LogP contribution in [-0.2, 0) is 0 Å². The molecule has 9 heavy (non-hydrogen) atoms.